The standard InChI is InChI=1S/C23H31N3O/c1-17(2)25-12-13-26-21(16-25)22(27)15-24-23(26)14-19-10-6-7-11-20(19)18-8-4-3-5-9-18/h6-7,10-11,15-18,27H,3-5,8-9,12-14H2,1-2H3. The lowest BCUT2D eigenvalue weighted by atomic mass is 9.81. The normalized spacial score (nSPS) is 20.9. The zero-order valence-corrected chi connectivity index (χ0v) is 16.6. The minimum Gasteiger partial charge on any atom is -0.504 e. The van der Waals surface area contributed by atoms with Crippen LogP contribution in [-0.2, 0) is 6.42 Å². The van der Waals surface area contributed by atoms with E-state index >= 15 is 0 Å². The fraction of sp³-hybridized carbons (Fsp3) is 0.522. The predicted molar refractivity (Wildman–Crippen MR) is 111 cm³/mol. The van der Waals surface area contributed by atoms with Crippen LogP contribution < -0.4 is 0 Å². The first-order valence-electron chi connectivity index (χ1n) is 10.4. The lowest BCUT2D eigenvalue weighted by molar-refractivity contribution is 0.242. The second-order valence-corrected chi connectivity index (χ2v) is 8.27. The lowest BCUT2D eigenvalue weighted by Crippen LogP contribution is -2.45. The van der Waals surface area contributed by atoms with Gasteiger partial charge < -0.3 is 14.9 Å². The molecular formula is C23H31N3O. The molecule has 0 atom stereocenters. The van der Waals surface area contributed by atoms with Gasteiger partial charge >= 0.3 is 0 Å². The van der Waals surface area contributed by atoms with Crippen molar-refractivity contribution in [3.8, 4) is 0 Å². The topological polar surface area (TPSA) is 39.1 Å². The van der Waals surface area contributed by atoms with Crippen LogP contribution in [-0.4, -0.2) is 39.9 Å². The Hall–Kier alpha value is -2.23. The molecule has 1 N–H and O–H groups in total. The molecular weight excluding hydrogens is 334 g/mol. The number of hydrogen-bond acceptors (Lipinski definition) is 4. The number of aliphatic hydroxyl groups is 1. The van der Waals surface area contributed by atoms with E-state index in [-0.39, 0.29) is 5.76 Å². The monoisotopic (exact) mass is 365 g/mol. The van der Waals surface area contributed by atoms with Gasteiger partial charge in [0.2, 0.25) is 0 Å². The summed E-state index contributed by atoms with van der Waals surface area (Å²) >= 11 is 0. The first-order chi connectivity index (χ1) is 13.1. The molecule has 1 aromatic rings. The summed E-state index contributed by atoms with van der Waals surface area (Å²) in [7, 11) is 0. The molecule has 1 fully saturated rings. The van der Waals surface area contributed by atoms with Crippen LogP contribution in [0.25, 0.3) is 0 Å². The molecule has 0 amide bonds. The van der Waals surface area contributed by atoms with Crippen molar-refractivity contribution in [3.63, 3.8) is 0 Å². The minimum atomic E-state index is 0.268. The zero-order valence-electron chi connectivity index (χ0n) is 16.6. The summed E-state index contributed by atoms with van der Waals surface area (Å²) in [5.41, 5.74) is 3.78. The molecule has 0 spiro atoms. The van der Waals surface area contributed by atoms with Gasteiger partial charge in [0.05, 0.1) is 6.20 Å². The first kappa shape index (κ1) is 18.1. The van der Waals surface area contributed by atoms with Crippen molar-refractivity contribution in [2.75, 3.05) is 13.1 Å². The fourth-order valence-corrected chi connectivity index (χ4v) is 4.60. The van der Waals surface area contributed by atoms with Gasteiger partial charge in [-0.25, -0.2) is 4.99 Å². The maximum atomic E-state index is 10.4. The van der Waals surface area contributed by atoms with Crippen molar-refractivity contribution >= 4 is 5.84 Å². The molecule has 4 nitrogen and oxygen atoms in total. The summed E-state index contributed by atoms with van der Waals surface area (Å²) in [5, 5.41) is 10.4. The third-order valence-corrected chi connectivity index (χ3v) is 6.18. The van der Waals surface area contributed by atoms with E-state index in [0.29, 0.717) is 12.0 Å². The van der Waals surface area contributed by atoms with Gasteiger partial charge in [0.25, 0.3) is 0 Å². The average molecular weight is 366 g/mol. The molecule has 3 aliphatic rings. The van der Waals surface area contributed by atoms with Crippen molar-refractivity contribution in [1.82, 2.24) is 9.80 Å². The Balaban J connectivity index is 1.59. The van der Waals surface area contributed by atoms with Crippen molar-refractivity contribution < 1.29 is 5.11 Å². The summed E-state index contributed by atoms with van der Waals surface area (Å²) < 4.78 is 0. The smallest absolute Gasteiger partial charge is 0.159 e. The molecule has 4 rings (SSSR count). The van der Waals surface area contributed by atoms with E-state index in [9.17, 15) is 5.11 Å². The van der Waals surface area contributed by atoms with E-state index in [1.807, 2.05) is 0 Å². The van der Waals surface area contributed by atoms with Gasteiger partial charge in [0, 0.05) is 31.8 Å². The van der Waals surface area contributed by atoms with Crippen LogP contribution >= 0.6 is 0 Å². The number of amidine groups is 1. The fourth-order valence-electron chi connectivity index (χ4n) is 4.60. The van der Waals surface area contributed by atoms with Crippen LogP contribution in [0, 0.1) is 0 Å². The number of hydrogen-bond donors (Lipinski definition) is 1. The van der Waals surface area contributed by atoms with Crippen LogP contribution in [0.15, 0.2) is 53.1 Å². The molecule has 0 radical (unpaired) electrons. The molecule has 2 heterocycles. The number of fused-ring (bicyclic) bond motifs is 1. The quantitative estimate of drug-likeness (QED) is 0.820. The maximum Gasteiger partial charge on any atom is 0.159 e. The number of nitrogens with zero attached hydrogens (tertiary/aromatic N) is 3. The Morgan fingerprint density at radius 3 is 2.67 bits per heavy atom. The molecule has 0 unspecified atom stereocenters. The third-order valence-electron chi connectivity index (χ3n) is 6.18. The van der Waals surface area contributed by atoms with Gasteiger partial charge in [0.15, 0.2) is 5.76 Å². The summed E-state index contributed by atoms with van der Waals surface area (Å²) in [6, 6.07) is 9.33. The largest absolute Gasteiger partial charge is 0.504 e. The molecule has 0 saturated heterocycles. The van der Waals surface area contributed by atoms with E-state index < -0.39 is 0 Å². The molecule has 0 aromatic heterocycles. The second-order valence-electron chi connectivity index (χ2n) is 8.27. The molecule has 144 valence electrons. The van der Waals surface area contributed by atoms with Crippen LogP contribution in [0.1, 0.15) is 63.0 Å². The van der Waals surface area contributed by atoms with E-state index in [1.165, 1.54) is 43.2 Å². The van der Waals surface area contributed by atoms with Crippen molar-refractivity contribution in [3.05, 3.63) is 59.2 Å². The van der Waals surface area contributed by atoms with E-state index in [1.54, 1.807) is 6.20 Å². The number of benzene rings is 1. The van der Waals surface area contributed by atoms with Crippen molar-refractivity contribution in [2.24, 2.45) is 4.99 Å². The Bertz CT molecular complexity index is 772. The molecule has 2 aliphatic heterocycles. The van der Waals surface area contributed by atoms with Gasteiger partial charge in [-0.3, -0.25) is 0 Å². The van der Waals surface area contributed by atoms with Gasteiger partial charge in [-0.05, 0) is 43.7 Å². The molecule has 1 saturated carbocycles. The number of aliphatic imine (C=N–C) groups is 1. The maximum absolute atomic E-state index is 10.4. The summed E-state index contributed by atoms with van der Waals surface area (Å²) in [6.07, 6.45) is 11.2. The Morgan fingerprint density at radius 1 is 1.11 bits per heavy atom. The molecule has 1 aromatic carbocycles. The summed E-state index contributed by atoms with van der Waals surface area (Å²) in [5.74, 6) is 2.01. The van der Waals surface area contributed by atoms with Gasteiger partial charge in [-0.2, -0.15) is 0 Å². The summed E-state index contributed by atoms with van der Waals surface area (Å²) in [4.78, 5) is 9.10. The zero-order chi connectivity index (χ0) is 18.8. The average Bonchev–Trinajstić information content (AvgIpc) is 2.71. The number of rotatable bonds is 4. The van der Waals surface area contributed by atoms with Gasteiger partial charge in [0.1, 0.15) is 11.5 Å². The third kappa shape index (κ3) is 3.76. The predicted octanol–water partition coefficient (Wildman–Crippen LogP) is 4.96. The van der Waals surface area contributed by atoms with Gasteiger partial charge in [-0.1, -0.05) is 43.5 Å². The Kier molecular flexibility index (Phi) is 5.24. The van der Waals surface area contributed by atoms with Crippen LogP contribution in [0.4, 0.5) is 0 Å². The van der Waals surface area contributed by atoms with Crippen molar-refractivity contribution in [2.45, 2.75) is 64.3 Å². The highest BCUT2D eigenvalue weighted by molar-refractivity contribution is 5.88. The minimum absolute atomic E-state index is 0.268. The first-order valence-corrected chi connectivity index (χ1v) is 10.4. The highest BCUT2D eigenvalue weighted by Crippen LogP contribution is 2.35. The van der Waals surface area contributed by atoms with E-state index in [4.69, 9.17) is 0 Å². The molecule has 4 heteroatoms. The van der Waals surface area contributed by atoms with Crippen LogP contribution in [0.3, 0.4) is 0 Å². The van der Waals surface area contributed by atoms with E-state index in [0.717, 1.165) is 31.0 Å². The molecule has 1 aliphatic carbocycles. The van der Waals surface area contributed by atoms with Crippen molar-refractivity contribution in [1.29, 1.82) is 0 Å². The number of aliphatic hydroxyl groups excluding tert-OH is 1. The molecule has 0 bridgehead atoms. The van der Waals surface area contributed by atoms with E-state index in [2.05, 4.69) is 59.1 Å². The Morgan fingerprint density at radius 2 is 1.89 bits per heavy atom. The SMILES string of the molecule is CC(C)N1C=C2C(O)=CN=C(Cc3ccccc3C3CCCCC3)N2CC1. The van der Waals surface area contributed by atoms with Crippen LogP contribution in [0.5, 0.6) is 0 Å². The Labute approximate surface area is 162 Å². The lowest BCUT2D eigenvalue weighted by Gasteiger charge is -2.39. The second kappa shape index (κ2) is 7.79. The highest BCUT2D eigenvalue weighted by Gasteiger charge is 2.29. The van der Waals surface area contributed by atoms with Crippen LogP contribution in [0.2, 0.25) is 0 Å². The van der Waals surface area contributed by atoms with Gasteiger partial charge in [-0.15, -0.1) is 0 Å². The molecule has 27 heavy (non-hydrogen) atoms. The highest BCUT2D eigenvalue weighted by atomic mass is 16.3. The summed E-state index contributed by atoms with van der Waals surface area (Å²) in [6.45, 7) is 6.20.